The summed E-state index contributed by atoms with van der Waals surface area (Å²) in [6.07, 6.45) is 0. The standard InChI is InChI=1S/C22H27F2N3O3/c1-16-4-3-5-18(12-16)15-26-8-10-27(11-9-26)22(28)25-14-17-6-7-19(30-21(23)24)20(13-17)29-2/h3-7,12-13,21H,8-11,14-15H2,1-2H3,(H,25,28). The molecular formula is C22H27F2N3O3. The topological polar surface area (TPSA) is 54.0 Å². The number of carbonyl (C=O) groups excluding carboxylic acids is 1. The second kappa shape index (κ2) is 10.2. The molecule has 0 saturated carbocycles. The summed E-state index contributed by atoms with van der Waals surface area (Å²) in [6.45, 7) is 3.25. The molecule has 0 spiro atoms. The Hall–Kier alpha value is -2.87. The van der Waals surface area contributed by atoms with E-state index in [0.29, 0.717) is 13.1 Å². The molecule has 0 aliphatic carbocycles. The summed E-state index contributed by atoms with van der Waals surface area (Å²) in [5.41, 5.74) is 3.26. The zero-order valence-corrected chi connectivity index (χ0v) is 17.2. The van der Waals surface area contributed by atoms with Gasteiger partial charge in [-0.3, -0.25) is 4.90 Å². The van der Waals surface area contributed by atoms with Crippen molar-refractivity contribution in [3.8, 4) is 11.5 Å². The molecule has 1 heterocycles. The number of nitrogens with zero attached hydrogens (tertiary/aromatic N) is 2. The van der Waals surface area contributed by atoms with Gasteiger partial charge in [0.25, 0.3) is 0 Å². The van der Waals surface area contributed by atoms with Gasteiger partial charge in [-0.2, -0.15) is 8.78 Å². The highest BCUT2D eigenvalue weighted by Crippen LogP contribution is 2.29. The van der Waals surface area contributed by atoms with Crippen molar-refractivity contribution >= 4 is 6.03 Å². The number of alkyl halides is 2. The molecule has 1 N–H and O–H groups in total. The van der Waals surface area contributed by atoms with Crippen LogP contribution in [0, 0.1) is 6.92 Å². The Morgan fingerprint density at radius 2 is 1.83 bits per heavy atom. The Balaban J connectivity index is 1.47. The van der Waals surface area contributed by atoms with Crippen LogP contribution in [0.25, 0.3) is 0 Å². The van der Waals surface area contributed by atoms with Gasteiger partial charge in [-0.1, -0.05) is 35.9 Å². The number of amides is 2. The van der Waals surface area contributed by atoms with Crippen LogP contribution in [0.4, 0.5) is 13.6 Å². The molecule has 0 atom stereocenters. The number of nitrogens with one attached hydrogen (secondary N) is 1. The van der Waals surface area contributed by atoms with E-state index in [1.165, 1.54) is 24.3 Å². The lowest BCUT2D eigenvalue weighted by atomic mass is 10.1. The normalized spacial score (nSPS) is 14.6. The zero-order valence-electron chi connectivity index (χ0n) is 17.2. The lowest BCUT2D eigenvalue weighted by Gasteiger charge is -2.34. The maximum atomic E-state index is 12.5. The second-order valence-corrected chi connectivity index (χ2v) is 7.27. The van der Waals surface area contributed by atoms with Crippen molar-refractivity contribution in [1.29, 1.82) is 0 Å². The predicted molar refractivity (Wildman–Crippen MR) is 110 cm³/mol. The van der Waals surface area contributed by atoms with Gasteiger partial charge in [-0.15, -0.1) is 0 Å². The minimum atomic E-state index is -2.92. The van der Waals surface area contributed by atoms with Crippen LogP contribution in [0.2, 0.25) is 0 Å². The second-order valence-electron chi connectivity index (χ2n) is 7.27. The van der Waals surface area contributed by atoms with Crippen molar-refractivity contribution in [2.75, 3.05) is 33.3 Å². The molecule has 162 valence electrons. The van der Waals surface area contributed by atoms with Gasteiger partial charge in [-0.25, -0.2) is 4.79 Å². The summed E-state index contributed by atoms with van der Waals surface area (Å²) < 4.78 is 34.3. The first-order chi connectivity index (χ1) is 14.4. The number of hydrogen-bond acceptors (Lipinski definition) is 4. The van der Waals surface area contributed by atoms with Gasteiger partial charge in [0.15, 0.2) is 11.5 Å². The van der Waals surface area contributed by atoms with E-state index in [0.717, 1.165) is 25.2 Å². The summed E-state index contributed by atoms with van der Waals surface area (Å²) in [5.74, 6) is 0.166. The van der Waals surface area contributed by atoms with Crippen LogP contribution in [0.15, 0.2) is 42.5 Å². The van der Waals surface area contributed by atoms with E-state index in [4.69, 9.17) is 4.74 Å². The lowest BCUT2D eigenvalue weighted by Crippen LogP contribution is -2.51. The van der Waals surface area contributed by atoms with Crippen LogP contribution in [0.1, 0.15) is 16.7 Å². The Bertz CT molecular complexity index is 855. The van der Waals surface area contributed by atoms with Crippen LogP contribution in [0.5, 0.6) is 11.5 Å². The number of hydrogen-bond donors (Lipinski definition) is 1. The summed E-state index contributed by atoms with van der Waals surface area (Å²) in [6, 6.07) is 12.9. The molecule has 2 aromatic carbocycles. The number of aryl methyl sites for hydroxylation is 1. The van der Waals surface area contributed by atoms with E-state index >= 15 is 0 Å². The SMILES string of the molecule is COc1cc(CNC(=O)N2CCN(Cc3cccc(C)c3)CC2)ccc1OC(F)F. The third kappa shape index (κ3) is 6.06. The monoisotopic (exact) mass is 419 g/mol. The van der Waals surface area contributed by atoms with Gasteiger partial charge in [0.2, 0.25) is 0 Å². The van der Waals surface area contributed by atoms with E-state index in [2.05, 4.69) is 46.1 Å². The average molecular weight is 419 g/mol. The maximum absolute atomic E-state index is 12.5. The van der Waals surface area contributed by atoms with Crippen molar-refractivity contribution < 1.29 is 23.0 Å². The zero-order chi connectivity index (χ0) is 21.5. The van der Waals surface area contributed by atoms with Crippen LogP contribution in [-0.4, -0.2) is 55.7 Å². The highest BCUT2D eigenvalue weighted by atomic mass is 19.3. The van der Waals surface area contributed by atoms with E-state index < -0.39 is 6.61 Å². The molecule has 1 aliphatic rings. The Labute approximate surface area is 175 Å². The summed E-state index contributed by atoms with van der Waals surface area (Å²) in [7, 11) is 1.38. The third-order valence-electron chi connectivity index (χ3n) is 5.04. The van der Waals surface area contributed by atoms with Gasteiger partial charge in [0.1, 0.15) is 0 Å². The number of rotatable bonds is 7. The highest BCUT2D eigenvalue weighted by Gasteiger charge is 2.21. The van der Waals surface area contributed by atoms with Gasteiger partial charge in [-0.05, 0) is 30.2 Å². The number of ether oxygens (including phenoxy) is 2. The number of piperazine rings is 1. The van der Waals surface area contributed by atoms with Gasteiger partial charge >= 0.3 is 12.6 Å². The molecule has 2 amide bonds. The van der Waals surface area contributed by atoms with E-state index in [-0.39, 0.29) is 24.1 Å². The number of carbonyl (C=O) groups is 1. The first kappa shape index (κ1) is 21.8. The largest absolute Gasteiger partial charge is 0.493 e. The average Bonchev–Trinajstić information content (AvgIpc) is 2.73. The maximum Gasteiger partial charge on any atom is 0.387 e. The Morgan fingerprint density at radius 3 is 2.50 bits per heavy atom. The fourth-order valence-corrected chi connectivity index (χ4v) is 3.48. The quantitative estimate of drug-likeness (QED) is 0.745. The van der Waals surface area contributed by atoms with Crippen molar-refractivity contribution in [3.05, 3.63) is 59.2 Å². The van der Waals surface area contributed by atoms with Crippen LogP contribution < -0.4 is 14.8 Å². The van der Waals surface area contributed by atoms with E-state index in [9.17, 15) is 13.6 Å². The Kier molecular flexibility index (Phi) is 7.46. The number of halogens is 2. The first-order valence-corrected chi connectivity index (χ1v) is 9.87. The minimum Gasteiger partial charge on any atom is -0.493 e. The summed E-state index contributed by atoms with van der Waals surface area (Å²) >= 11 is 0. The van der Waals surface area contributed by atoms with Crippen LogP contribution in [-0.2, 0) is 13.1 Å². The van der Waals surface area contributed by atoms with Crippen molar-refractivity contribution in [2.24, 2.45) is 0 Å². The number of urea groups is 1. The lowest BCUT2D eigenvalue weighted by molar-refractivity contribution is -0.0512. The molecule has 0 unspecified atom stereocenters. The molecule has 3 rings (SSSR count). The van der Waals surface area contributed by atoms with E-state index in [1.807, 2.05) is 0 Å². The van der Waals surface area contributed by atoms with Crippen LogP contribution >= 0.6 is 0 Å². The fraction of sp³-hybridized carbons (Fsp3) is 0.409. The van der Waals surface area contributed by atoms with Crippen molar-refractivity contribution in [3.63, 3.8) is 0 Å². The summed E-state index contributed by atoms with van der Waals surface area (Å²) in [4.78, 5) is 16.6. The van der Waals surface area contributed by atoms with Crippen molar-refractivity contribution in [2.45, 2.75) is 26.6 Å². The van der Waals surface area contributed by atoms with Gasteiger partial charge in [0.05, 0.1) is 7.11 Å². The molecular weight excluding hydrogens is 392 g/mol. The smallest absolute Gasteiger partial charge is 0.387 e. The van der Waals surface area contributed by atoms with Gasteiger partial charge in [0, 0.05) is 39.3 Å². The molecule has 1 saturated heterocycles. The number of methoxy groups -OCH3 is 1. The third-order valence-corrected chi connectivity index (χ3v) is 5.04. The molecule has 8 heteroatoms. The van der Waals surface area contributed by atoms with E-state index in [1.54, 1.807) is 17.0 Å². The van der Waals surface area contributed by atoms with Crippen molar-refractivity contribution in [1.82, 2.24) is 15.1 Å². The number of benzene rings is 2. The fourth-order valence-electron chi connectivity index (χ4n) is 3.48. The minimum absolute atomic E-state index is 0.0349. The molecule has 0 bridgehead atoms. The molecule has 1 aliphatic heterocycles. The molecule has 30 heavy (non-hydrogen) atoms. The molecule has 0 radical (unpaired) electrons. The van der Waals surface area contributed by atoms with Crippen LogP contribution in [0.3, 0.4) is 0 Å². The summed E-state index contributed by atoms with van der Waals surface area (Å²) in [5, 5.41) is 2.88. The molecule has 2 aromatic rings. The highest BCUT2D eigenvalue weighted by molar-refractivity contribution is 5.74. The predicted octanol–water partition coefficient (Wildman–Crippen LogP) is 3.63. The molecule has 1 fully saturated rings. The molecule has 6 nitrogen and oxygen atoms in total. The molecule has 0 aromatic heterocycles. The van der Waals surface area contributed by atoms with Gasteiger partial charge < -0.3 is 19.7 Å². The first-order valence-electron chi connectivity index (χ1n) is 9.87. The Morgan fingerprint density at radius 1 is 1.07 bits per heavy atom.